The monoisotopic (exact) mass is 399 g/mol. The number of hydrogen-bond donors (Lipinski definition) is 2. The summed E-state index contributed by atoms with van der Waals surface area (Å²) in [5, 5.41) is 8.35. The summed E-state index contributed by atoms with van der Waals surface area (Å²) in [4.78, 5) is 12.0. The lowest BCUT2D eigenvalue weighted by molar-refractivity contribution is -0.119. The Labute approximate surface area is 166 Å². The maximum Gasteiger partial charge on any atom is 0.387 e. The number of carbonyl (C=O) groups excluding carboxylic acids is 1. The van der Waals surface area contributed by atoms with Crippen molar-refractivity contribution >= 4 is 28.6 Å². The van der Waals surface area contributed by atoms with Gasteiger partial charge in [0.25, 0.3) is 5.91 Å². The lowest BCUT2D eigenvalue weighted by atomic mass is 10.0. The van der Waals surface area contributed by atoms with E-state index in [1.165, 1.54) is 12.3 Å². The second-order valence-corrected chi connectivity index (χ2v) is 5.96. The second-order valence-electron chi connectivity index (χ2n) is 5.96. The highest BCUT2D eigenvalue weighted by Crippen LogP contribution is 2.27. The third-order valence-electron chi connectivity index (χ3n) is 4.05. The summed E-state index contributed by atoms with van der Waals surface area (Å²) in [6, 6.07) is 17.5. The van der Waals surface area contributed by atoms with Gasteiger partial charge in [-0.15, -0.1) is 0 Å². The summed E-state index contributed by atoms with van der Waals surface area (Å²) >= 11 is 0. The van der Waals surface area contributed by atoms with Crippen molar-refractivity contribution in [3.63, 3.8) is 0 Å². The van der Waals surface area contributed by atoms with E-state index < -0.39 is 12.5 Å². The first-order valence-electron chi connectivity index (χ1n) is 8.73. The molecular weight excluding hydrogens is 380 g/mol. The first kappa shape index (κ1) is 20.1. The molecule has 3 rings (SSSR count). The number of ether oxygens (including phenoxy) is 2. The molecule has 0 fully saturated rings. The first-order valence-corrected chi connectivity index (χ1v) is 8.73. The summed E-state index contributed by atoms with van der Waals surface area (Å²) in [6.45, 7) is -2.99. The minimum atomic E-state index is -2.97. The van der Waals surface area contributed by atoms with Crippen LogP contribution in [0.4, 0.5) is 14.5 Å². The van der Waals surface area contributed by atoms with Crippen molar-refractivity contribution in [3.8, 4) is 11.5 Å². The van der Waals surface area contributed by atoms with Crippen molar-refractivity contribution in [1.82, 2.24) is 5.43 Å². The molecule has 0 spiro atoms. The van der Waals surface area contributed by atoms with Crippen LogP contribution in [-0.2, 0) is 4.79 Å². The zero-order valence-corrected chi connectivity index (χ0v) is 15.6. The van der Waals surface area contributed by atoms with Crippen LogP contribution in [0.25, 0.3) is 10.8 Å². The Bertz CT molecular complexity index is 1020. The molecule has 0 bridgehead atoms. The number of hydrogen-bond acceptors (Lipinski definition) is 5. The molecule has 0 unspecified atom stereocenters. The predicted octanol–water partition coefficient (Wildman–Crippen LogP) is 4.01. The van der Waals surface area contributed by atoms with E-state index >= 15 is 0 Å². The van der Waals surface area contributed by atoms with Crippen LogP contribution < -0.4 is 20.2 Å². The minimum Gasteiger partial charge on any atom is -0.497 e. The summed E-state index contributed by atoms with van der Waals surface area (Å²) in [7, 11) is 1.56. The number of amides is 1. The Hall–Kier alpha value is -3.68. The first-order chi connectivity index (χ1) is 14.1. The fourth-order valence-corrected chi connectivity index (χ4v) is 2.73. The van der Waals surface area contributed by atoms with Crippen molar-refractivity contribution in [2.75, 3.05) is 19.0 Å². The molecule has 0 atom stereocenters. The van der Waals surface area contributed by atoms with Crippen molar-refractivity contribution in [3.05, 3.63) is 66.2 Å². The van der Waals surface area contributed by atoms with Crippen LogP contribution in [0, 0.1) is 0 Å². The summed E-state index contributed by atoms with van der Waals surface area (Å²) in [5.41, 5.74) is 3.43. The molecule has 0 saturated heterocycles. The maximum atomic E-state index is 12.7. The zero-order valence-electron chi connectivity index (χ0n) is 15.6. The molecule has 3 aromatic carbocycles. The fourth-order valence-electron chi connectivity index (χ4n) is 2.73. The Morgan fingerprint density at radius 3 is 2.76 bits per heavy atom. The molecule has 29 heavy (non-hydrogen) atoms. The Morgan fingerprint density at radius 1 is 1.14 bits per heavy atom. The number of alkyl halides is 2. The summed E-state index contributed by atoms with van der Waals surface area (Å²) in [5.74, 6) is 0.239. The minimum absolute atomic E-state index is 0.0220. The van der Waals surface area contributed by atoms with Crippen molar-refractivity contribution in [1.29, 1.82) is 0 Å². The van der Waals surface area contributed by atoms with Gasteiger partial charge in [-0.3, -0.25) is 4.79 Å². The summed E-state index contributed by atoms with van der Waals surface area (Å²) in [6.07, 6.45) is 1.30. The van der Waals surface area contributed by atoms with Crippen LogP contribution in [0.1, 0.15) is 5.56 Å². The van der Waals surface area contributed by atoms with Crippen LogP contribution in [0.15, 0.2) is 65.8 Å². The predicted molar refractivity (Wildman–Crippen MR) is 108 cm³/mol. The molecule has 150 valence electrons. The number of fused-ring (bicyclic) bond motifs is 1. The summed E-state index contributed by atoms with van der Waals surface area (Å²) < 4.78 is 35.1. The molecule has 0 aromatic heterocycles. The fraction of sp³-hybridized carbons (Fsp3) is 0.143. The number of nitrogens with zero attached hydrogens (tertiary/aromatic N) is 1. The third-order valence-corrected chi connectivity index (χ3v) is 4.05. The van der Waals surface area contributed by atoms with Gasteiger partial charge in [0.2, 0.25) is 0 Å². The van der Waals surface area contributed by atoms with E-state index in [-0.39, 0.29) is 12.3 Å². The van der Waals surface area contributed by atoms with Crippen molar-refractivity contribution in [2.45, 2.75) is 6.61 Å². The molecule has 3 aromatic rings. The third kappa shape index (κ3) is 5.41. The molecule has 0 saturated carbocycles. The smallest absolute Gasteiger partial charge is 0.387 e. The normalized spacial score (nSPS) is 11.0. The molecule has 0 heterocycles. The highest BCUT2D eigenvalue weighted by atomic mass is 19.3. The van der Waals surface area contributed by atoms with Gasteiger partial charge in [-0.2, -0.15) is 13.9 Å². The molecule has 6 nitrogen and oxygen atoms in total. The highest BCUT2D eigenvalue weighted by molar-refractivity contribution is 6.02. The molecule has 0 aliphatic carbocycles. The number of hydrazone groups is 1. The zero-order chi connectivity index (χ0) is 20.6. The quantitative estimate of drug-likeness (QED) is 0.444. The van der Waals surface area contributed by atoms with Gasteiger partial charge in [0.05, 0.1) is 19.9 Å². The van der Waals surface area contributed by atoms with Gasteiger partial charge < -0.3 is 14.8 Å². The SMILES string of the molecule is COc1cccc(NCC(=O)N/N=C\c2c(OC(F)F)ccc3ccccc23)c1. The Balaban J connectivity index is 1.68. The molecule has 0 radical (unpaired) electrons. The Kier molecular flexibility index (Phi) is 6.57. The van der Waals surface area contributed by atoms with E-state index in [0.29, 0.717) is 22.4 Å². The van der Waals surface area contributed by atoms with Crippen molar-refractivity contribution < 1.29 is 23.0 Å². The molecule has 0 aliphatic rings. The Morgan fingerprint density at radius 2 is 1.97 bits per heavy atom. The maximum absolute atomic E-state index is 12.7. The highest BCUT2D eigenvalue weighted by Gasteiger charge is 2.11. The van der Waals surface area contributed by atoms with E-state index in [4.69, 9.17) is 4.74 Å². The van der Waals surface area contributed by atoms with Gasteiger partial charge in [0.1, 0.15) is 11.5 Å². The molecular formula is C21H19F2N3O3. The van der Waals surface area contributed by atoms with Crippen LogP contribution in [-0.4, -0.2) is 32.4 Å². The van der Waals surface area contributed by atoms with Crippen LogP contribution in [0.5, 0.6) is 11.5 Å². The molecule has 1 amide bonds. The number of carbonyl (C=O) groups is 1. The largest absolute Gasteiger partial charge is 0.497 e. The van der Waals surface area contributed by atoms with Gasteiger partial charge in [-0.05, 0) is 29.0 Å². The van der Waals surface area contributed by atoms with E-state index in [9.17, 15) is 13.6 Å². The van der Waals surface area contributed by atoms with E-state index in [1.54, 1.807) is 49.6 Å². The standard InChI is InChI=1S/C21H19F2N3O3/c1-28-16-7-4-6-15(11-16)24-13-20(27)26-25-12-18-17-8-3-2-5-14(17)9-10-19(18)29-21(22)23/h2-12,21,24H,13H2,1H3,(H,26,27)/b25-12-. The van der Waals surface area contributed by atoms with E-state index in [0.717, 1.165) is 5.39 Å². The van der Waals surface area contributed by atoms with Gasteiger partial charge in [-0.1, -0.05) is 36.4 Å². The molecule has 0 aliphatic heterocycles. The number of methoxy groups -OCH3 is 1. The van der Waals surface area contributed by atoms with Gasteiger partial charge in [-0.25, -0.2) is 5.43 Å². The van der Waals surface area contributed by atoms with Gasteiger partial charge in [0, 0.05) is 17.3 Å². The number of benzene rings is 3. The lowest BCUT2D eigenvalue weighted by Crippen LogP contribution is -2.25. The van der Waals surface area contributed by atoms with Crippen LogP contribution in [0.3, 0.4) is 0 Å². The second kappa shape index (κ2) is 9.50. The van der Waals surface area contributed by atoms with Crippen LogP contribution in [0.2, 0.25) is 0 Å². The number of anilines is 1. The molecule has 8 heteroatoms. The van der Waals surface area contributed by atoms with E-state index in [2.05, 4.69) is 20.6 Å². The average molecular weight is 399 g/mol. The molecule has 2 N–H and O–H groups in total. The van der Waals surface area contributed by atoms with Gasteiger partial charge in [0.15, 0.2) is 0 Å². The number of rotatable bonds is 8. The number of nitrogens with one attached hydrogen (secondary N) is 2. The van der Waals surface area contributed by atoms with Crippen molar-refractivity contribution in [2.24, 2.45) is 5.10 Å². The van der Waals surface area contributed by atoms with Crippen LogP contribution >= 0.6 is 0 Å². The average Bonchev–Trinajstić information content (AvgIpc) is 2.73. The van der Waals surface area contributed by atoms with Gasteiger partial charge >= 0.3 is 6.61 Å². The van der Waals surface area contributed by atoms with E-state index in [1.807, 2.05) is 12.1 Å². The number of halogens is 2. The lowest BCUT2D eigenvalue weighted by Gasteiger charge is -2.11. The topological polar surface area (TPSA) is 72.0 Å².